The number of nitrogens with one attached hydrogen (secondary N) is 1. The average molecular weight is 358 g/mol. The fourth-order valence-corrected chi connectivity index (χ4v) is 2.35. The normalized spacial score (nSPS) is 17.3. The molecule has 0 spiro atoms. The van der Waals surface area contributed by atoms with Gasteiger partial charge in [0.1, 0.15) is 18.0 Å². The van der Waals surface area contributed by atoms with E-state index >= 15 is 0 Å². The van der Waals surface area contributed by atoms with Gasteiger partial charge in [-0.05, 0) is 24.6 Å². The third-order valence-electron chi connectivity index (χ3n) is 3.75. The van der Waals surface area contributed by atoms with Crippen LogP contribution in [-0.4, -0.2) is 56.3 Å². The molecule has 0 saturated carbocycles. The number of carbonyl (C=O) groups is 3. The Labute approximate surface area is 147 Å². The summed E-state index contributed by atoms with van der Waals surface area (Å²) in [6, 6.07) is 4.01. The average Bonchev–Trinajstić information content (AvgIpc) is 3.05. The van der Waals surface area contributed by atoms with Crippen LogP contribution in [0, 0.1) is 12.7 Å². The maximum atomic E-state index is 12.9. The lowest BCUT2D eigenvalue weighted by Crippen LogP contribution is -2.54. The first kappa shape index (κ1) is 17.4. The Balaban J connectivity index is 1.81. The van der Waals surface area contributed by atoms with E-state index in [1.165, 1.54) is 42.3 Å². The van der Waals surface area contributed by atoms with E-state index in [2.05, 4.69) is 20.4 Å². The highest BCUT2D eigenvalue weighted by Crippen LogP contribution is 2.10. The third kappa shape index (κ3) is 3.34. The lowest BCUT2D eigenvalue weighted by atomic mass is 10.1. The largest absolute Gasteiger partial charge is 0.350 e. The standard InChI is InChI=1S/C16H15FN6O3/c1-9-19-8-23(21-9)16-20-12(13(24)15(26)22(16)2)14(25)18-7-10-3-5-11(17)6-4-10/h3-6,8,12H,7H2,1-2H3,(H,18,25). The fourth-order valence-electron chi connectivity index (χ4n) is 2.35. The fraction of sp³-hybridized carbons (Fsp3) is 0.250. The summed E-state index contributed by atoms with van der Waals surface area (Å²) in [5, 5.41) is 6.57. The lowest BCUT2D eigenvalue weighted by molar-refractivity contribution is -0.145. The van der Waals surface area contributed by atoms with Crippen molar-refractivity contribution in [3.05, 3.63) is 47.8 Å². The van der Waals surface area contributed by atoms with Gasteiger partial charge in [0.05, 0.1) is 0 Å². The molecule has 1 aromatic carbocycles. The van der Waals surface area contributed by atoms with Gasteiger partial charge in [-0.3, -0.25) is 19.3 Å². The number of halogens is 1. The van der Waals surface area contributed by atoms with Crippen LogP contribution in [0.4, 0.5) is 4.39 Å². The second kappa shape index (κ2) is 6.82. The molecular weight excluding hydrogens is 343 g/mol. The number of amides is 2. The predicted molar refractivity (Wildman–Crippen MR) is 87.4 cm³/mol. The molecule has 3 rings (SSSR count). The number of Topliss-reactive ketones (excluding diaryl/α,β-unsaturated/α-hetero) is 1. The summed E-state index contributed by atoms with van der Waals surface area (Å²) in [6.45, 7) is 1.72. The minimum Gasteiger partial charge on any atom is -0.350 e. The number of nitrogens with zero attached hydrogens (tertiary/aromatic N) is 5. The van der Waals surface area contributed by atoms with Crippen molar-refractivity contribution >= 4 is 23.6 Å². The minimum absolute atomic E-state index is 0.0251. The van der Waals surface area contributed by atoms with Gasteiger partial charge < -0.3 is 5.32 Å². The molecule has 1 aliphatic heterocycles. The predicted octanol–water partition coefficient (Wildman–Crippen LogP) is -0.344. The van der Waals surface area contributed by atoms with Crippen molar-refractivity contribution in [1.29, 1.82) is 0 Å². The zero-order chi connectivity index (χ0) is 18.8. The summed E-state index contributed by atoms with van der Waals surface area (Å²) in [5.41, 5.74) is 0.641. The molecule has 26 heavy (non-hydrogen) atoms. The second-order valence-electron chi connectivity index (χ2n) is 5.64. The molecule has 2 heterocycles. The van der Waals surface area contributed by atoms with E-state index in [9.17, 15) is 18.8 Å². The van der Waals surface area contributed by atoms with E-state index in [4.69, 9.17) is 0 Å². The highest BCUT2D eigenvalue weighted by atomic mass is 19.1. The molecule has 0 bridgehead atoms. The van der Waals surface area contributed by atoms with Crippen LogP contribution in [0.5, 0.6) is 0 Å². The highest BCUT2D eigenvalue weighted by molar-refractivity contribution is 6.45. The number of carbonyl (C=O) groups excluding carboxylic acids is 3. The molecule has 1 unspecified atom stereocenters. The van der Waals surface area contributed by atoms with Gasteiger partial charge >= 0.3 is 0 Å². The second-order valence-corrected chi connectivity index (χ2v) is 5.64. The van der Waals surface area contributed by atoms with Gasteiger partial charge in [0, 0.05) is 13.6 Å². The van der Waals surface area contributed by atoms with Crippen molar-refractivity contribution in [2.24, 2.45) is 4.99 Å². The van der Waals surface area contributed by atoms with E-state index in [1.54, 1.807) is 6.92 Å². The van der Waals surface area contributed by atoms with E-state index in [0.29, 0.717) is 11.4 Å². The van der Waals surface area contributed by atoms with Crippen LogP contribution in [0.25, 0.3) is 0 Å². The SMILES string of the molecule is Cc1ncn(C2=NC(C(=O)NCc3ccc(F)cc3)C(=O)C(=O)N2C)n1. The molecule has 1 aliphatic rings. The van der Waals surface area contributed by atoms with E-state index in [0.717, 1.165) is 4.90 Å². The smallest absolute Gasteiger partial charge is 0.299 e. The zero-order valence-corrected chi connectivity index (χ0v) is 14.0. The zero-order valence-electron chi connectivity index (χ0n) is 14.0. The first-order valence-electron chi connectivity index (χ1n) is 7.67. The van der Waals surface area contributed by atoms with Crippen LogP contribution in [-0.2, 0) is 20.9 Å². The first-order chi connectivity index (χ1) is 12.4. The van der Waals surface area contributed by atoms with Gasteiger partial charge in [-0.2, -0.15) is 4.68 Å². The maximum Gasteiger partial charge on any atom is 0.299 e. The van der Waals surface area contributed by atoms with Crippen LogP contribution in [0.15, 0.2) is 35.6 Å². The van der Waals surface area contributed by atoms with Gasteiger partial charge in [0.15, 0.2) is 6.04 Å². The number of hydrogen-bond acceptors (Lipinski definition) is 6. The molecule has 0 saturated heterocycles. The topological polar surface area (TPSA) is 110 Å². The monoisotopic (exact) mass is 358 g/mol. The van der Waals surface area contributed by atoms with Crippen LogP contribution >= 0.6 is 0 Å². The summed E-state index contributed by atoms with van der Waals surface area (Å²) in [6.07, 6.45) is 1.33. The first-order valence-corrected chi connectivity index (χ1v) is 7.67. The molecule has 1 atom stereocenters. The number of ketones is 1. The number of rotatable bonds is 3. The third-order valence-corrected chi connectivity index (χ3v) is 3.75. The molecule has 2 amide bonds. The van der Waals surface area contributed by atoms with Gasteiger partial charge in [-0.1, -0.05) is 12.1 Å². The Morgan fingerprint density at radius 2 is 1.96 bits per heavy atom. The van der Waals surface area contributed by atoms with E-state index < -0.39 is 29.5 Å². The summed E-state index contributed by atoms with van der Waals surface area (Å²) in [7, 11) is 1.36. The summed E-state index contributed by atoms with van der Waals surface area (Å²) in [4.78, 5) is 45.7. The minimum atomic E-state index is -1.52. The number of aryl methyl sites for hydroxylation is 1. The highest BCUT2D eigenvalue weighted by Gasteiger charge is 2.40. The maximum absolute atomic E-state index is 12.9. The molecular formula is C16H15FN6O3. The Kier molecular flexibility index (Phi) is 4.57. The molecule has 1 aromatic heterocycles. The summed E-state index contributed by atoms with van der Waals surface area (Å²) >= 11 is 0. The molecule has 134 valence electrons. The van der Waals surface area contributed by atoms with Crippen molar-refractivity contribution in [1.82, 2.24) is 25.0 Å². The number of hydrogen-bond donors (Lipinski definition) is 1. The van der Waals surface area contributed by atoms with Crippen molar-refractivity contribution in [3.8, 4) is 0 Å². The number of aliphatic imine (C=N–C) groups is 1. The van der Waals surface area contributed by atoms with Gasteiger partial charge in [-0.15, -0.1) is 5.10 Å². The molecule has 9 nitrogen and oxygen atoms in total. The van der Waals surface area contributed by atoms with Crippen molar-refractivity contribution in [3.63, 3.8) is 0 Å². The Bertz CT molecular complexity index is 905. The van der Waals surface area contributed by atoms with E-state index in [-0.39, 0.29) is 12.5 Å². The van der Waals surface area contributed by atoms with Gasteiger partial charge in [0.2, 0.25) is 5.96 Å². The number of aromatic nitrogens is 3. The summed E-state index contributed by atoms with van der Waals surface area (Å²) < 4.78 is 14.1. The van der Waals surface area contributed by atoms with Crippen molar-refractivity contribution in [2.45, 2.75) is 19.5 Å². The van der Waals surface area contributed by atoms with Crippen LogP contribution in [0.2, 0.25) is 0 Å². The molecule has 1 N–H and O–H groups in total. The van der Waals surface area contributed by atoms with Crippen LogP contribution < -0.4 is 5.32 Å². The van der Waals surface area contributed by atoms with Crippen LogP contribution in [0.1, 0.15) is 11.4 Å². The number of benzene rings is 1. The van der Waals surface area contributed by atoms with Crippen molar-refractivity contribution in [2.75, 3.05) is 7.05 Å². The Morgan fingerprint density at radius 1 is 1.27 bits per heavy atom. The number of likely N-dealkylation sites (N-methyl/N-ethyl adjacent to an activating group) is 1. The lowest BCUT2D eigenvalue weighted by Gasteiger charge is -2.25. The van der Waals surface area contributed by atoms with E-state index in [1.807, 2.05) is 0 Å². The Morgan fingerprint density at radius 3 is 2.58 bits per heavy atom. The van der Waals surface area contributed by atoms with Crippen LogP contribution in [0.3, 0.4) is 0 Å². The molecule has 10 heteroatoms. The van der Waals surface area contributed by atoms with Crippen molar-refractivity contribution < 1.29 is 18.8 Å². The molecule has 0 radical (unpaired) electrons. The quantitative estimate of drug-likeness (QED) is 0.596. The molecule has 0 aliphatic carbocycles. The molecule has 0 fully saturated rings. The van der Waals surface area contributed by atoms with Gasteiger partial charge in [0.25, 0.3) is 17.6 Å². The van der Waals surface area contributed by atoms with Gasteiger partial charge in [-0.25, -0.2) is 14.4 Å². The Hall–Kier alpha value is -3.43. The molecule has 2 aromatic rings. The summed E-state index contributed by atoms with van der Waals surface area (Å²) in [5.74, 6) is -2.46.